The van der Waals surface area contributed by atoms with Gasteiger partial charge in [-0.25, -0.2) is 0 Å². The second kappa shape index (κ2) is 13.0. The molecule has 29 heavy (non-hydrogen) atoms. The molecule has 0 N–H and O–H groups in total. The van der Waals surface area contributed by atoms with Crippen molar-refractivity contribution in [2.45, 2.75) is 0 Å². The van der Waals surface area contributed by atoms with E-state index in [1.54, 1.807) is 0 Å². The van der Waals surface area contributed by atoms with E-state index in [0.717, 1.165) is 52.6 Å². The van der Waals surface area contributed by atoms with E-state index in [0.29, 0.717) is 11.2 Å². The Kier molecular flexibility index (Phi) is 11.1. The van der Waals surface area contributed by atoms with E-state index in [9.17, 15) is 0 Å². The van der Waals surface area contributed by atoms with E-state index < -0.39 is 16.7 Å². The first-order chi connectivity index (χ1) is 14.3. The second-order valence-corrected chi connectivity index (χ2v) is 29.4. The fourth-order valence-corrected chi connectivity index (χ4v) is 9.29. The Bertz CT molecular complexity index is 428. The van der Waals surface area contributed by atoms with Gasteiger partial charge in [-0.2, -0.15) is 0 Å². The van der Waals surface area contributed by atoms with Crippen LogP contribution in [-0.2, 0) is 20.7 Å². The molecule has 0 aromatic carbocycles. The van der Waals surface area contributed by atoms with Crippen LogP contribution in [-0.4, -0.2) is 133 Å². The topological polar surface area (TPSA) is 37.0 Å². The average Bonchev–Trinajstić information content (AvgIpc) is 3.59. The van der Waals surface area contributed by atoms with Crippen molar-refractivity contribution in [2.75, 3.05) is 105 Å². The van der Waals surface area contributed by atoms with Gasteiger partial charge in [-0.05, 0) is 0 Å². The van der Waals surface area contributed by atoms with Crippen LogP contribution in [0.15, 0.2) is 0 Å². The van der Waals surface area contributed by atoms with Crippen molar-refractivity contribution in [2.24, 2.45) is 0 Å². The SMILES string of the molecule is C1CN([PH+](N2CC2)N2CC2)CCO1.C1CN([PH+](N2CC2)N2CC2)CCO1.[I][Pt][I]. The summed E-state index contributed by atoms with van der Waals surface area (Å²) in [5, 5.41) is 0. The quantitative estimate of drug-likeness (QED) is 0.227. The molecule has 0 aromatic heterocycles. The Morgan fingerprint density at radius 2 is 0.655 bits per heavy atom. The molecular weight excluding hydrogens is 819 g/mol. The Labute approximate surface area is 207 Å². The van der Waals surface area contributed by atoms with Crippen molar-refractivity contribution in [1.29, 1.82) is 0 Å². The maximum atomic E-state index is 5.39. The first-order valence-electron chi connectivity index (χ1n) is 10.5. The molecule has 0 bridgehead atoms. The summed E-state index contributed by atoms with van der Waals surface area (Å²) in [4.78, 5) is 0. The molecule has 8 nitrogen and oxygen atoms in total. The van der Waals surface area contributed by atoms with Crippen LogP contribution in [0, 0.1) is 0 Å². The molecule has 6 aliphatic heterocycles. The molecule has 6 saturated heterocycles. The number of ether oxygens (including phenoxy) is 2. The summed E-state index contributed by atoms with van der Waals surface area (Å²) in [6, 6.07) is 0. The van der Waals surface area contributed by atoms with Crippen LogP contribution in [0.2, 0.25) is 0 Å². The molecule has 0 atom stereocenters. The van der Waals surface area contributed by atoms with Crippen molar-refractivity contribution >= 4 is 55.5 Å². The zero-order valence-corrected chi connectivity index (χ0v) is 25.5. The molecule has 6 rings (SSSR count). The van der Waals surface area contributed by atoms with E-state index in [4.69, 9.17) is 9.47 Å². The summed E-state index contributed by atoms with van der Waals surface area (Å²) >= 11 is 5.30. The van der Waals surface area contributed by atoms with E-state index in [1.165, 1.54) is 52.4 Å². The van der Waals surface area contributed by atoms with Gasteiger partial charge in [-0.1, -0.05) is 0 Å². The Hall–Kier alpha value is 2.69. The molecule has 0 aromatic rings. The summed E-state index contributed by atoms with van der Waals surface area (Å²) in [5.74, 6) is 0. The Morgan fingerprint density at radius 1 is 0.448 bits per heavy atom. The maximum absolute atomic E-state index is 5.39. The Balaban J connectivity index is 0.000000125. The molecule has 6 aliphatic rings. The first-order valence-corrected chi connectivity index (χ1v) is 26.1. The van der Waals surface area contributed by atoms with Crippen molar-refractivity contribution in [1.82, 2.24) is 28.0 Å². The number of nitrogens with zero attached hydrogens (tertiary/aromatic N) is 6. The summed E-state index contributed by atoms with van der Waals surface area (Å²) in [5.41, 5.74) is 0. The van der Waals surface area contributed by atoms with Gasteiger partial charge in [0.15, 0.2) is 0 Å². The van der Waals surface area contributed by atoms with Crippen molar-refractivity contribution in [3.63, 3.8) is 0 Å². The number of rotatable bonds is 6. The fraction of sp³-hybridized carbons (Fsp3) is 1.00. The summed E-state index contributed by atoms with van der Waals surface area (Å²) in [6.45, 7) is 19.1. The molecule has 13 heteroatoms. The van der Waals surface area contributed by atoms with Crippen LogP contribution < -0.4 is 0 Å². The van der Waals surface area contributed by atoms with Crippen LogP contribution in [0.25, 0.3) is 0 Å². The van der Waals surface area contributed by atoms with Crippen LogP contribution in [0.3, 0.4) is 0 Å². The Morgan fingerprint density at radius 3 is 0.862 bits per heavy atom. The molecular formula is C16H34I2N6O2P2Pt+2. The van der Waals surface area contributed by atoms with Gasteiger partial charge in [-0.15, -0.1) is 28.0 Å². The monoisotopic (exact) mass is 853 g/mol. The minimum atomic E-state index is -0.437. The van der Waals surface area contributed by atoms with Gasteiger partial charge < -0.3 is 9.47 Å². The zero-order valence-electron chi connectivity index (χ0n) is 16.9. The molecule has 172 valence electrons. The first kappa shape index (κ1) is 24.8. The molecule has 0 amide bonds. The predicted octanol–water partition coefficient (Wildman–Crippen LogP) is 1.59. The van der Waals surface area contributed by atoms with Crippen LogP contribution in [0.5, 0.6) is 0 Å². The summed E-state index contributed by atoms with van der Waals surface area (Å²) in [6.07, 6.45) is 0. The standard InChI is InChI=1S/2C8H16N3OP.2HI.Pt/c2*1-2-9(1)13(10-3-4-10)11-5-7-12-8-6-11;;;/h2*1-8H2;2*1H;/q;;;;+2. The van der Waals surface area contributed by atoms with Crippen LogP contribution in [0.1, 0.15) is 0 Å². The molecule has 0 unspecified atom stereocenters. The third-order valence-electron chi connectivity index (χ3n) is 5.51. The van der Waals surface area contributed by atoms with Crippen LogP contribution >= 0.6 is 55.5 Å². The van der Waals surface area contributed by atoms with Crippen molar-refractivity contribution < 1.29 is 20.7 Å². The van der Waals surface area contributed by atoms with Crippen molar-refractivity contribution in [3.8, 4) is 0 Å². The van der Waals surface area contributed by atoms with E-state index in [2.05, 4.69) is 66.7 Å². The van der Waals surface area contributed by atoms with Gasteiger partial charge >= 0.3 is 49.9 Å². The molecule has 0 spiro atoms. The average molecular weight is 853 g/mol. The molecule has 6 fully saturated rings. The van der Waals surface area contributed by atoms with Gasteiger partial charge in [0, 0.05) is 0 Å². The normalized spacial score (nSPS) is 28.7. The van der Waals surface area contributed by atoms with Gasteiger partial charge in [-0.3, -0.25) is 0 Å². The van der Waals surface area contributed by atoms with E-state index >= 15 is 0 Å². The molecule has 0 radical (unpaired) electrons. The van der Waals surface area contributed by atoms with Gasteiger partial charge in [0.25, 0.3) is 0 Å². The molecule has 6 heterocycles. The zero-order chi connectivity index (χ0) is 20.1. The van der Waals surface area contributed by atoms with Gasteiger partial charge in [0.1, 0.15) is 0 Å². The summed E-state index contributed by atoms with van der Waals surface area (Å²) < 4.78 is 26.7. The van der Waals surface area contributed by atoms with E-state index in [1.807, 2.05) is 0 Å². The number of halogens is 2. The third-order valence-corrected chi connectivity index (χ3v) is 11.6. The number of morpholine rings is 2. The predicted molar refractivity (Wildman–Crippen MR) is 136 cm³/mol. The van der Waals surface area contributed by atoms with Crippen LogP contribution in [0.4, 0.5) is 0 Å². The van der Waals surface area contributed by atoms with Crippen molar-refractivity contribution in [3.05, 3.63) is 0 Å². The summed E-state index contributed by atoms with van der Waals surface area (Å²) in [7, 11) is -0.874. The fourth-order valence-electron chi connectivity index (χ4n) is 3.73. The molecule has 0 saturated carbocycles. The van der Waals surface area contributed by atoms with Gasteiger partial charge in [0.05, 0.1) is 105 Å². The third kappa shape index (κ3) is 8.44. The van der Waals surface area contributed by atoms with Gasteiger partial charge in [0.2, 0.25) is 16.7 Å². The molecule has 0 aliphatic carbocycles. The number of hydrogen-bond donors (Lipinski definition) is 0. The number of hydrogen-bond acceptors (Lipinski definition) is 8. The van der Waals surface area contributed by atoms with E-state index in [-0.39, 0.29) is 0 Å². The minimum absolute atomic E-state index is 0.437. The second-order valence-electron chi connectivity index (χ2n) is 7.79.